The zero-order chi connectivity index (χ0) is 12.8. The fraction of sp³-hybridized carbons (Fsp3) is 0.400. The molecular formula is C15H18N2O. The second kappa shape index (κ2) is 3.95. The third-order valence-electron chi connectivity index (χ3n) is 4.16. The lowest BCUT2D eigenvalue weighted by atomic mass is 9.88. The number of hydrogen-bond acceptors (Lipinski definition) is 2. The Bertz CT molecular complexity index is 480. The Morgan fingerprint density at radius 2 is 1.83 bits per heavy atom. The minimum atomic E-state index is -0.0988. The van der Waals surface area contributed by atoms with Crippen LogP contribution in [-0.4, -0.2) is 29.4 Å². The Labute approximate surface area is 107 Å². The molecule has 3 rings (SSSR count). The predicted molar refractivity (Wildman–Crippen MR) is 72.2 cm³/mol. The molecule has 94 valence electrons. The zero-order valence-electron chi connectivity index (χ0n) is 10.7. The van der Waals surface area contributed by atoms with E-state index in [1.54, 1.807) is 0 Å². The van der Waals surface area contributed by atoms with Crippen molar-refractivity contribution in [1.82, 2.24) is 10.2 Å². The topological polar surface area (TPSA) is 32.3 Å². The molecule has 1 N–H and O–H groups in total. The van der Waals surface area contributed by atoms with E-state index in [9.17, 15) is 4.79 Å². The van der Waals surface area contributed by atoms with E-state index >= 15 is 0 Å². The van der Waals surface area contributed by atoms with Crippen LogP contribution in [0, 0.1) is 0 Å². The summed E-state index contributed by atoms with van der Waals surface area (Å²) in [6.45, 7) is 8.23. The molecule has 0 aromatic heterocycles. The highest BCUT2D eigenvalue weighted by Gasteiger charge is 2.43. The number of rotatable bonds is 1. The summed E-state index contributed by atoms with van der Waals surface area (Å²) in [5.74, 6) is 0.111. The second-order valence-electron chi connectivity index (χ2n) is 5.38. The summed E-state index contributed by atoms with van der Waals surface area (Å²) in [5, 5.41) is 3.35. The Kier molecular flexibility index (Phi) is 2.52. The molecule has 1 saturated heterocycles. The van der Waals surface area contributed by atoms with E-state index in [2.05, 4.69) is 18.8 Å². The Hall–Kier alpha value is -1.61. The van der Waals surface area contributed by atoms with E-state index in [4.69, 9.17) is 0 Å². The molecule has 2 heterocycles. The van der Waals surface area contributed by atoms with Gasteiger partial charge in [-0.2, -0.15) is 0 Å². The number of benzene rings is 1. The third kappa shape index (κ3) is 1.51. The van der Waals surface area contributed by atoms with Crippen LogP contribution in [0.2, 0.25) is 0 Å². The average Bonchev–Trinajstić information content (AvgIpc) is 2.64. The van der Waals surface area contributed by atoms with Crippen molar-refractivity contribution in [2.24, 2.45) is 0 Å². The van der Waals surface area contributed by atoms with Gasteiger partial charge in [0.1, 0.15) is 0 Å². The molecule has 1 fully saturated rings. The molecule has 18 heavy (non-hydrogen) atoms. The van der Waals surface area contributed by atoms with Gasteiger partial charge in [0, 0.05) is 22.4 Å². The molecule has 2 aliphatic rings. The first kappa shape index (κ1) is 11.5. The lowest BCUT2D eigenvalue weighted by Crippen LogP contribution is -2.52. The van der Waals surface area contributed by atoms with E-state index in [0.717, 1.165) is 42.8 Å². The van der Waals surface area contributed by atoms with Crippen LogP contribution in [0.15, 0.2) is 30.8 Å². The maximum Gasteiger partial charge on any atom is 0.259 e. The summed E-state index contributed by atoms with van der Waals surface area (Å²) in [4.78, 5) is 14.5. The lowest BCUT2D eigenvalue weighted by molar-refractivity contribution is 0.0648. The minimum Gasteiger partial charge on any atom is -0.317 e. The molecule has 1 aromatic carbocycles. The normalized spacial score (nSPS) is 22.2. The van der Waals surface area contributed by atoms with Crippen molar-refractivity contribution in [2.75, 3.05) is 13.1 Å². The van der Waals surface area contributed by atoms with Crippen LogP contribution in [0.25, 0.3) is 5.70 Å². The maximum atomic E-state index is 12.6. The number of hydrogen-bond donors (Lipinski definition) is 1. The van der Waals surface area contributed by atoms with E-state index in [1.807, 2.05) is 29.2 Å². The fourth-order valence-electron chi connectivity index (χ4n) is 3.04. The highest BCUT2D eigenvalue weighted by Crippen LogP contribution is 2.40. The lowest BCUT2D eigenvalue weighted by Gasteiger charge is -2.42. The molecule has 2 aliphatic heterocycles. The van der Waals surface area contributed by atoms with Crippen molar-refractivity contribution in [2.45, 2.75) is 25.3 Å². The van der Waals surface area contributed by atoms with Crippen molar-refractivity contribution in [3.05, 3.63) is 42.0 Å². The number of piperidine rings is 1. The van der Waals surface area contributed by atoms with Crippen molar-refractivity contribution >= 4 is 11.6 Å². The first-order valence-electron chi connectivity index (χ1n) is 6.47. The van der Waals surface area contributed by atoms with Gasteiger partial charge in [-0.05, 0) is 38.9 Å². The number of amides is 1. The smallest absolute Gasteiger partial charge is 0.259 e. The number of fused-ring (bicyclic) bond motifs is 1. The van der Waals surface area contributed by atoms with Gasteiger partial charge in [-0.15, -0.1) is 0 Å². The standard InChI is InChI=1S/C15H18N2O/c1-11-12-5-3-4-6-13(12)14(18)17(11)15(2)7-9-16-10-8-15/h3-6,16H,1,7-10H2,2H3. The van der Waals surface area contributed by atoms with E-state index in [0.29, 0.717) is 0 Å². The summed E-state index contributed by atoms with van der Waals surface area (Å²) >= 11 is 0. The maximum absolute atomic E-state index is 12.6. The van der Waals surface area contributed by atoms with Crippen LogP contribution in [0.1, 0.15) is 35.7 Å². The first-order chi connectivity index (χ1) is 8.63. The van der Waals surface area contributed by atoms with Crippen LogP contribution >= 0.6 is 0 Å². The molecule has 0 bridgehead atoms. The summed E-state index contributed by atoms with van der Waals surface area (Å²) in [6.07, 6.45) is 1.96. The largest absolute Gasteiger partial charge is 0.317 e. The molecule has 0 unspecified atom stereocenters. The first-order valence-corrected chi connectivity index (χ1v) is 6.47. The van der Waals surface area contributed by atoms with Gasteiger partial charge in [0.15, 0.2) is 0 Å². The SMILES string of the molecule is C=C1c2ccccc2C(=O)N1C1(C)CCNCC1. The average molecular weight is 242 g/mol. The number of carbonyl (C=O) groups excluding carboxylic acids is 1. The monoisotopic (exact) mass is 242 g/mol. The second-order valence-corrected chi connectivity index (χ2v) is 5.38. The van der Waals surface area contributed by atoms with Crippen LogP contribution in [-0.2, 0) is 0 Å². The molecule has 3 heteroatoms. The van der Waals surface area contributed by atoms with Crippen LogP contribution < -0.4 is 5.32 Å². The van der Waals surface area contributed by atoms with E-state index < -0.39 is 0 Å². The number of carbonyl (C=O) groups is 1. The predicted octanol–water partition coefficient (Wildman–Crippen LogP) is 2.26. The van der Waals surface area contributed by atoms with Crippen molar-refractivity contribution in [3.63, 3.8) is 0 Å². The molecule has 0 radical (unpaired) electrons. The molecule has 1 aromatic rings. The summed E-state index contributed by atoms with van der Waals surface area (Å²) < 4.78 is 0. The van der Waals surface area contributed by atoms with Crippen molar-refractivity contribution < 1.29 is 4.79 Å². The van der Waals surface area contributed by atoms with Gasteiger partial charge in [-0.25, -0.2) is 0 Å². The van der Waals surface area contributed by atoms with Crippen molar-refractivity contribution in [3.8, 4) is 0 Å². The van der Waals surface area contributed by atoms with Crippen LogP contribution in [0.3, 0.4) is 0 Å². The molecule has 0 atom stereocenters. The molecule has 1 amide bonds. The molecule has 3 nitrogen and oxygen atoms in total. The third-order valence-corrected chi connectivity index (χ3v) is 4.16. The van der Waals surface area contributed by atoms with Gasteiger partial charge >= 0.3 is 0 Å². The van der Waals surface area contributed by atoms with Crippen LogP contribution in [0.4, 0.5) is 0 Å². The highest BCUT2D eigenvalue weighted by atomic mass is 16.2. The fourth-order valence-corrected chi connectivity index (χ4v) is 3.04. The number of nitrogens with one attached hydrogen (secondary N) is 1. The van der Waals surface area contributed by atoms with E-state index in [1.165, 1.54) is 0 Å². The van der Waals surface area contributed by atoms with Gasteiger partial charge in [0.25, 0.3) is 5.91 Å². The van der Waals surface area contributed by atoms with Gasteiger partial charge in [0.05, 0.1) is 0 Å². The Morgan fingerprint density at radius 3 is 2.44 bits per heavy atom. The number of nitrogens with zero attached hydrogens (tertiary/aromatic N) is 1. The molecule has 0 aliphatic carbocycles. The van der Waals surface area contributed by atoms with Crippen molar-refractivity contribution in [1.29, 1.82) is 0 Å². The molecule has 0 spiro atoms. The quantitative estimate of drug-likeness (QED) is 0.819. The Morgan fingerprint density at radius 1 is 1.22 bits per heavy atom. The molecule has 0 saturated carbocycles. The highest BCUT2D eigenvalue weighted by molar-refractivity contribution is 6.09. The summed E-state index contributed by atoms with van der Waals surface area (Å²) in [6, 6.07) is 7.76. The minimum absolute atomic E-state index is 0.0988. The summed E-state index contributed by atoms with van der Waals surface area (Å²) in [7, 11) is 0. The zero-order valence-corrected chi connectivity index (χ0v) is 10.7. The van der Waals surface area contributed by atoms with Gasteiger partial charge in [-0.1, -0.05) is 24.8 Å². The van der Waals surface area contributed by atoms with Crippen LogP contribution in [0.5, 0.6) is 0 Å². The van der Waals surface area contributed by atoms with Gasteiger partial charge in [-0.3, -0.25) is 4.79 Å². The summed E-state index contributed by atoms with van der Waals surface area (Å²) in [5.41, 5.74) is 2.54. The van der Waals surface area contributed by atoms with Gasteiger partial charge < -0.3 is 10.2 Å². The molecular weight excluding hydrogens is 224 g/mol. The van der Waals surface area contributed by atoms with E-state index in [-0.39, 0.29) is 11.4 Å². The van der Waals surface area contributed by atoms with Gasteiger partial charge in [0.2, 0.25) is 0 Å². The Balaban J connectivity index is 2.01.